The van der Waals surface area contributed by atoms with Crippen molar-refractivity contribution >= 4 is 11.9 Å². The SMILES string of the molecule is Cc1ccc(COC(=O)N2CCC(=O)CC2)cc1. The second-order valence-electron chi connectivity index (χ2n) is 4.57. The number of nitrogens with zero attached hydrogens (tertiary/aromatic N) is 1. The standard InChI is InChI=1S/C14H17NO3/c1-11-2-4-12(5-3-11)10-18-14(17)15-8-6-13(16)7-9-15/h2-5H,6-10H2,1H3. The van der Waals surface area contributed by atoms with E-state index in [1.54, 1.807) is 4.90 Å². The van der Waals surface area contributed by atoms with Crippen molar-refractivity contribution in [1.82, 2.24) is 4.90 Å². The van der Waals surface area contributed by atoms with Gasteiger partial charge in [0.1, 0.15) is 12.4 Å². The van der Waals surface area contributed by atoms with Gasteiger partial charge in [-0.15, -0.1) is 0 Å². The van der Waals surface area contributed by atoms with Crippen LogP contribution in [-0.4, -0.2) is 29.9 Å². The predicted molar refractivity (Wildman–Crippen MR) is 67.2 cm³/mol. The van der Waals surface area contributed by atoms with Gasteiger partial charge in [0, 0.05) is 25.9 Å². The number of likely N-dealkylation sites (tertiary alicyclic amines) is 1. The lowest BCUT2D eigenvalue weighted by atomic mass is 10.1. The third-order valence-corrected chi connectivity index (χ3v) is 3.06. The first-order valence-corrected chi connectivity index (χ1v) is 6.14. The van der Waals surface area contributed by atoms with Gasteiger partial charge in [-0.05, 0) is 12.5 Å². The van der Waals surface area contributed by atoms with Crippen LogP contribution >= 0.6 is 0 Å². The molecule has 0 atom stereocenters. The zero-order chi connectivity index (χ0) is 13.0. The molecule has 1 saturated heterocycles. The number of Topliss-reactive ketones (excluding diaryl/α,β-unsaturated/α-hetero) is 1. The lowest BCUT2D eigenvalue weighted by molar-refractivity contribution is -0.121. The van der Waals surface area contributed by atoms with E-state index in [0.717, 1.165) is 5.56 Å². The lowest BCUT2D eigenvalue weighted by Crippen LogP contribution is -2.38. The largest absolute Gasteiger partial charge is 0.445 e. The molecule has 0 unspecified atom stereocenters. The van der Waals surface area contributed by atoms with Crippen LogP contribution in [0.1, 0.15) is 24.0 Å². The van der Waals surface area contributed by atoms with Gasteiger partial charge in [0.15, 0.2) is 0 Å². The molecule has 0 spiro atoms. The summed E-state index contributed by atoms with van der Waals surface area (Å²) in [6.07, 6.45) is 0.558. The lowest BCUT2D eigenvalue weighted by Gasteiger charge is -2.25. The molecule has 1 aliphatic rings. The molecule has 4 nitrogen and oxygen atoms in total. The van der Waals surface area contributed by atoms with Gasteiger partial charge in [-0.2, -0.15) is 0 Å². The van der Waals surface area contributed by atoms with Crippen molar-refractivity contribution < 1.29 is 14.3 Å². The Balaban J connectivity index is 1.81. The number of ketones is 1. The topological polar surface area (TPSA) is 46.6 Å². The molecule has 0 bridgehead atoms. The third kappa shape index (κ3) is 3.32. The molecule has 0 aliphatic carbocycles. The Hall–Kier alpha value is -1.84. The van der Waals surface area contributed by atoms with Crippen molar-refractivity contribution in [3.05, 3.63) is 35.4 Å². The number of rotatable bonds is 2. The monoisotopic (exact) mass is 247 g/mol. The molecule has 1 amide bonds. The number of ether oxygens (including phenoxy) is 1. The van der Waals surface area contributed by atoms with Crippen molar-refractivity contribution in [3.63, 3.8) is 0 Å². The van der Waals surface area contributed by atoms with Crippen LogP contribution in [0, 0.1) is 6.92 Å². The molecular weight excluding hydrogens is 230 g/mol. The van der Waals surface area contributed by atoms with Crippen molar-refractivity contribution in [2.24, 2.45) is 0 Å². The minimum atomic E-state index is -0.330. The summed E-state index contributed by atoms with van der Waals surface area (Å²) in [6.45, 7) is 3.25. The molecular formula is C14H17NO3. The first kappa shape index (κ1) is 12.6. The smallest absolute Gasteiger partial charge is 0.410 e. The Labute approximate surface area is 107 Å². The van der Waals surface area contributed by atoms with E-state index < -0.39 is 0 Å². The highest BCUT2D eigenvalue weighted by Gasteiger charge is 2.21. The van der Waals surface area contributed by atoms with E-state index in [4.69, 9.17) is 4.74 Å². The zero-order valence-corrected chi connectivity index (χ0v) is 10.5. The Bertz CT molecular complexity index is 429. The number of piperidine rings is 1. The summed E-state index contributed by atoms with van der Waals surface area (Å²) in [7, 11) is 0. The van der Waals surface area contributed by atoms with Crippen LogP contribution in [0.3, 0.4) is 0 Å². The Kier molecular flexibility index (Phi) is 3.97. The van der Waals surface area contributed by atoms with Crippen molar-refractivity contribution in [2.45, 2.75) is 26.4 Å². The maximum Gasteiger partial charge on any atom is 0.410 e. The van der Waals surface area contributed by atoms with Gasteiger partial charge in [0.25, 0.3) is 0 Å². The number of benzene rings is 1. The molecule has 4 heteroatoms. The Morgan fingerprint density at radius 3 is 2.44 bits per heavy atom. The van der Waals surface area contributed by atoms with Gasteiger partial charge < -0.3 is 9.64 Å². The van der Waals surface area contributed by atoms with Crippen LogP contribution in [0.4, 0.5) is 4.79 Å². The fourth-order valence-corrected chi connectivity index (χ4v) is 1.86. The quantitative estimate of drug-likeness (QED) is 0.805. The molecule has 0 radical (unpaired) electrons. The maximum absolute atomic E-state index is 11.7. The summed E-state index contributed by atoms with van der Waals surface area (Å²) in [6, 6.07) is 7.87. The summed E-state index contributed by atoms with van der Waals surface area (Å²) >= 11 is 0. The summed E-state index contributed by atoms with van der Waals surface area (Å²) in [5.74, 6) is 0.220. The highest BCUT2D eigenvalue weighted by molar-refractivity contribution is 5.81. The molecule has 1 fully saturated rings. The van der Waals surface area contributed by atoms with E-state index in [0.29, 0.717) is 25.9 Å². The van der Waals surface area contributed by atoms with Crippen molar-refractivity contribution in [2.75, 3.05) is 13.1 Å². The minimum Gasteiger partial charge on any atom is -0.445 e. The van der Waals surface area contributed by atoms with Gasteiger partial charge in [-0.3, -0.25) is 4.79 Å². The first-order chi connectivity index (χ1) is 8.65. The number of carbonyl (C=O) groups is 2. The van der Waals surface area contributed by atoms with Gasteiger partial charge in [-0.1, -0.05) is 29.8 Å². The molecule has 1 heterocycles. The van der Waals surface area contributed by atoms with E-state index in [2.05, 4.69) is 0 Å². The van der Waals surface area contributed by atoms with Crippen LogP contribution in [0.15, 0.2) is 24.3 Å². The molecule has 18 heavy (non-hydrogen) atoms. The summed E-state index contributed by atoms with van der Waals surface area (Å²) in [5, 5.41) is 0. The van der Waals surface area contributed by atoms with Crippen LogP contribution in [-0.2, 0) is 16.1 Å². The van der Waals surface area contributed by atoms with Crippen LogP contribution < -0.4 is 0 Å². The van der Waals surface area contributed by atoms with E-state index in [9.17, 15) is 9.59 Å². The van der Waals surface area contributed by atoms with E-state index in [1.807, 2.05) is 31.2 Å². The van der Waals surface area contributed by atoms with Crippen LogP contribution in [0.2, 0.25) is 0 Å². The average Bonchev–Trinajstić information content (AvgIpc) is 2.38. The number of hydrogen-bond donors (Lipinski definition) is 0. The molecule has 0 saturated carbocycles. The second kappa shape index (κ2) is 5.67. The molecule has 0 aromatic heterocycles. The molecule has 0 N–H and O–H groups in total. The molecule has 2 rings (SSSR count). The summed E-state index contributed by atoms with van der Waals surface area (Å²) in [4.78, 5) is 24.4. The molecule has 1 aromatic rings. The average molecular weight is 247 g/mol. The van der Waals surface area contributed by atoms with Gasteiger partial charge >= 0.3 is 6.09 Å². The highest BCUT2D eigenvalue weighted by Crippen LogP contribution is 2.09. The minimum absolute atomic E-state index is 0.220. The van der Waals surface area contributed by atoms with Crippen molar-refractivity contribution in [1.29, 1.82) is 0 Å². The van der Waals surface area contributed by atoms with E-state index in [-0.39, 0.29) is 18.5 Å². The van der Waals surface area contributed by atoms with Gasteiger partial charge in [0.2, 0.25) is 0 Å². The number of amides is 1. The summed E-state index contributed by atoms with van der Waals surface area (Å²) in [5.41, 5.74) is 2.15. The predicted octanol–water partition coefficient (Wildman–Crippen LogP) is 2.30. The highest BCUT2D eigenvalue weighted by atomic mass is 16.6. The number of hydrogen-bond acceptors (Lipinski definition) is 3. The number of carbonyl (C=O) groups excluding carboxylic acids is 2. The summed E-state index contributed by atoms with van der Waals surface area (Å²) < 4.78 is 5.22. The Morgan fingerprint density at radius 2 is 1.83 bits per heavy atom. The molecule has 1 aliphatic heterocycles. The van der Waals surface area contributed by atoms with Gasteiger partial charge in [0.05, 0.1) is 0 Å². The normalized spacial score (nSPS) is 15.6. The molecule has 96 valence electrons. The van der Waals surface area contributed by atoms with Crippen molar-refractivity contribution in [3.8, 4) is 0 Å². The number of aryl methyl sites for hydroxylation is 1. The van der Waals surface area contributed by atoms with Crippen LogP contribution in [0.25, 0.3) is 0 Å². The fraction of sp³-hybridized carbons (Fsp3) is 0.429. The van der Waals surface area contributed by atoms with E-state index >= 15 is 0 Å². The van der Waals surface area contributed by atoms with Gasteiger partial charge in [-0.25, -0.2) is 4.79 Å². The third-order valence-electron chi connectivity index (χ3n) is 3.06. The maximum atomic E-state index is 11.7. The fourth-order valence-electron chi connectivity index (χ4n) is 1.86. The van der Waals surface area contributed by atoms with E-state index in [1.165, 1.54) is 5.56 Å². The Morgan fingerprint density at radius 1 is 1.22 bits per heavy atom. The molecule has 1 aromatic carbocycles. The zero-order valence-electron chi connectivity index (χ0n) is 10.5. The second-order valence-corrected chi connectivity index (χ2v) is 4.57. The van der Waals surface area contributed by atoms with Crippen LogP contribution in [0.5, 0.6) is 0 Å². The first-order valence-electron chi connectivity index (χ1n) is 6.14.